The molecule has 0 radical (unpaired) electrons. The topological polar surface area (TPSA) is 21.3 Å². The summed E-state index contributed by atoms with van der Waals surface area (Å²) in [5.74, 6) is 0.559. The standard InChI is InChI=1S/C16H25NO/c1-12(2)14-15(13-8-6-5-7-9-13)18-11-16(3,4)10-17-14/h5-9,12,14-15,17H,10-11H2,1-4H3. The van der Waals surface area contributed by atoms with Gasteiger partial charge in [0.15, 0.2) is 0 Å². The number of nitrogens with one attached hydrogen (secondary N) is 1. The van der Waals surface area contributed by atoms with E-state index in [1.54, 1.807) is 0 Å². The van der Waals surface area contributed by atoms with Crippen molar-refractivity contribution in [2.45, 2.75) is 39.8 Å². The molecule has 0 saturated carbocycles. The number of benzene rings is 1. The van der Waals surface area contributed by atoms with E-state index in [1.807, 2.05) is 0 Å². The average Bonchev–Trinajstić information content (AvgIpc) is 2.49. The van der Waals surface area contributed by atoms with Crippen LogP contribution in [0.1, 0.15) is 39.4 Å². The Labute approximate surface area is 111 Å². The van der Waals surface area contributed by atoms with Crippen molar-refractivity contribution in [3.8, 4) is 0 Å². The van der Waals surface area contributed by atoms with Crippen molar-refractivity contribution >= 4 is 0 Å². The second-order valence-corrected chi connectivity index (χ2v) is 6.46. The van der Waals surface area contributed by atoms with Gasteiger partial charge in [0.2, 0.25) is 0 Å². The Morgan fingerprint density at radius 1 is 1.22 bits per heavy atom. The molecule has 1 aromatic rings. The quantitative estimate of drug-likeness (QED) is 0.865. The molecule has 2 atom stereocenters. The van der Waals surface area contributed by atoms with Gasteiger partial charge >= 0.3 is 0 Å². The van der Waals surface area contributed by atoms with Crippen LogP contribution in [0.5, 0.6) is 0 Å². The maximum absolute atomic E-state index is 6.22. The normalized spacial score (nSPS) is 28.1. The number of hydrogen-bond donors (Lipinski definition) is 1. The van der Waals surface area contributed by atoms with Crippen molar-refractivity contribution in [3.63, 3.8) is 0 Å². The summed E-state index contributed by atoms with van der Waals surface area (Å²) in [6.07, 6.45) is 0.160. The first-order valence-electron chi connectivity index (χ1n) is 6.89. The maximum Gasteiger partial charge on any atom is 0.0980 e. The molecule has 0 bridgehead atoms. The Balaban J connectivity index is 2.24. The van der Waals surface area contributed by atoms with E-state index in [4.69, 9.17) is 4.74 Å². The minimum atomic E-state index is 0.160. The number of hydrogen-bond acceptors (Lipinski definition) is 2. The molecular formula is C16H25NO. The van der Waals surface area contributed by atoms with E-state index in [2.05, 4.69) is 63.3 Å². The fraction of sp³-hybridized carbons (Fsp3) is 0.625. The first-order chi connectivity index (χ1) is 8.49. The first-order valence-corrected chi connectivity index (χ1v) is 6.89. The van der Waals surface area contributed by atoms with Crippen LogP contribution in [0.4, 0.5) is 0 Å². The van der Waals surface area contributed by atoms with Gasteiger partial charge in [-0.15, -0.1) is 0 Å². The lowest BCUT2D eigenvalue weighted by molar-refractivity contribution is 0.00244. The van der Waals surface area contributed by atoms with Gasteiger partial charge in [0.1, 0.15) is 0 Å². The Kier molecular flexibility index (Phi) is 4.08. The summed E-state index contributed by atoms with van der Waals surface area (Å²) in [6, 6.07) is 11.0. The molecule has 1 aliphatic heterocycles. The lowest BCUT2D eigenvalue weighted by Crippen LogP contribution is -2.40. The van der Waals surface area contributed by atoms with Crippen molar-refractivity contribution in [2.24, 2.45) is 11.3 Å². The van der Waals surface area contributed by atoms with E-state index in [0.29, 0.717) is 12.0 Å². The molecule has 0 spiro atoms. The second-order valence-electron chi connectivity index (χ2n) is 6.46. The van der Waals surface area contributed by atoms with Crippen molar-refractivity contribution in [1.29, 1.82) is 0 Å². The van der Waals surface area contributed by atoms with E-state index in [1.165, 1.54) is 5.56 Å². The smallest absolute Gasteiger partial charge is 0.0980 e. The highest BCUT2D eigenvalue weighted by atomic mass is 16.5. The molecule has 0 amide bonds. The summed E-state index contributed by atoms with van der Waals surface area (Å²) in [4.78, 5) is 0. The Hall–Kier alpha value is -0.860. The average molecular weight is 247 g/mol. The lowest BCUT2D eigenvalue weighted by atomic mass is 9.92. The summed E-state index contributed by atoms with van der Waals surface area (Å²) in [5.41, 5.74) is 1.48. The maximum atomic E-state index is 6.22. The van der Waals surface area contributed by atoms with E-state index in [0.717, 1.165) is 13.2 Å². The molecule has 100 valence electrons. The highest BCUT2D eigenvalue weighted by Gasteiger charge is 2.33. The van der Waals surface area contributed by atoms with E-state index >= 15 is 0 Å². The molecule has 1 heterocycles. The molecule has 1 saturated heterocycles. The van der Waals surface area contributed by atoms with Gasteiger partial charge in [0.25, 0.3) is 0 Å². The third-order valence-corrected chi connectivity index (χ3v) is 3.64. The molecule has 1 N–H and O–H groups in total. The Bertz CT molecular complexity index is 372. The predicted molar refractivity (Wildman–Crippen MR) is 75.5 cm³/mol. The van der Waals surface area contributed by atoms with Crippen molar-refractivity contribution in [3.05, 3.63) is 35.9 Å². The monoisotopic (exact) mass is 247 g/mol. The van der Waals surface area contributed by atoms with Crippen molar-refractivity contribution < 1.29 is 4.74 Å². The summed E-state index contributed by atoms with van der Waals surface area (Å²) in [5, 5.41) is 3.69. The molecule has 1 fully saturated rings. The molecule has 2 rings (SSSR count). The Morgan fingerprint density at radius 2 is 1.89 bits per heavy atom. The van der Waals surface area contributed by atoms with Gasteiger partial charge in [-0.05, 0) is 11.5 Å². The minimum Gasteiger partial charge on any atom is -0.371 e. The fourth-order valence-corrected chi connectivity index (χ4v) is 2.50. The van der Waals surface area contributed by atoms with Crippen LogP contribution in [0.2, 0.25) is 0 Å². The zero-order valence-electron chi connectivity index (χ0n) is 11.9. The largest absolute Gasteiger partial charge is 0.371 e. The van der Waals surface area contributed by atoms with Gasteiger partial charge in [-0.1, -0.05) is 58.0 Å². The minimum absolute atomic E-state index is 0.160. The third-order valence-electron chi connectivity index (χ3n) is 3.64. The highest BCUT2D eigenvalue weighted by molar-refractivity contribution is 5.20. The van der Waals surface area contributed by atoms with E-state index < -0.39 is 0 Å². The summed E-state index contributed by atoms with van der Waals surface area (Å²) in [6.45, 7) is 10.8. The second kappa shape index (κ2) is 5.41. The van der Waals surface area contributed by atoms with Crippen molar-refractivity contribution in [2.75, 3.05) is 13.2 Å². The molecule has 1 aliphatic rings. The van der Waals surface area contributed by atoms with Gasteiger partial charge in [-0.3, -0.25) is 0 Å². The van der Waals surface area contributed by atoms with Crippen LogP contribution in [0.15, 0.2) is 30.3 Å². The van der Waals surface area contributed by atoms with Crippen LogP contribution in [-0.2, 0) is 4.74 Å². The van der Waals surface area contributed by atoms with E-state index in [9.17, 15) is 0 Å². The van der Waals surface area contributed by atoms with Gasteiger partial charge in [0.05, 0.1) is 12.7 Å². The molecule has 0 aromatic heterocycles. The fourth-order valence-electron chi connectivity index (χ4n) is 2.50. The van der Waals surface area contributed by atoms with Gasteiger partial charge in [-0.2, -0.15) is 0 Å². The van der Waals surface area contributed by atoms with Crippen LogP contribution in [0.25, 0.3) is 0 Å². The highest BCUT2D eigenvalue weighted by Crippen LogP contribution is 2.31. The Morgan fingerprint density at radius 3 is 2.50 bits per heavy atom. The zero-order chi connectivity index (χ0) is 13.2. The molecule has 18 heavy (non-hydrogen) atoms. The first kappa shape index (κ1) is 13.6. The molecule has 2 heteroatoms. The summed E-state index contributed by atoms with van der Waals surface area (Å²) >= 11 is 0. The summed E-state index contributed by atoms with van der Waals surface area (Å²) in [7, 11) is 0. The van der Waals surface area contributed by atoms with Gasteiger partial charge in [0, 0.05) is 18.0 Å². The number of rotatable bonds is 2. The molecule has 2 nitrogen and oxygen atoms in total. The zero-order valence-corrected chi connectivity index (χ0v) is 11.9. The van der Waals surface area contributed by atoms with Crippen LogP contribution in [0.3, 0.4) is 0 Å². The van der Waals surface area contributed by atoms with Crippen molar-refractivity contribution in [1.82, 2.24) is 5.32 Å². The molecular weight excluding hydrogens is 222 g/mol. The van der Waals surface area contributed by atoms with Crippen LogP contribution < -0.4 is 5.32 Å². The summed E-state index contributed by atoms with van der Waals surface area (Å²) < 4.78 is 6.22. The van der Waals surface area contributed by atoms with Crippen LogP contribution >= 0.6 is 0 Å². The predicted octanol–water partition coefficient (Wildman–Crippen LogP) is 3.40. The molecule has 0 aliphatic carbocycles. The van der Waals surface area contributed by atoms with Crippen LogP contribution in [-0.4, -0.2) is 19.2 Å². The van der Waals surface area contributed by atoms with E-state index in [-0.39, 0.29) is 11.5 Å². The SMILES string of the molecule is CC(C)C1NCC(C)(C)COC1c1ccccc1. The molecule has 2 unspecified atom stereocenters. The third kappa shape index (κ3) is 3.12. The molecule has 1 aromatic carbocycles. The van der Waals surface area contributed by atoms with Gasteiger partial charge < -0.3 is 10.1 Å². The van der Waals surface area contributed by atoms with Gasteiger partial charge in [-0.25, -0.2) is 0 Å². The van der Waals surface area contributed by atoms with Crippen LogP contribution in [0, 0.1) is 11.3 Å². The number of ether oxygens (including phenoxy) is 1. The lowest BCUT2D eigenvalue weighted by Gasteiger charge is -2.29.